The van der Waals surface area contributed by atoms with Gasteiger partial charge in [0.05, 0.1) is 11.0 Å². The van der Waals surface area contributed by atoms with E-state index in [2.05, 4.69) is 4.72 Å². The number of sulfonamides is 1. The van der Waals surface area contributed by atoms with E-state index in [4.69, 9.17) is 0 Å². The standard InChI is InChI=1S/C15H17NO3S2/c1-20-13-9-7-12(8-10-13)15(17)11-16-21(18,19)14-5-3-2-4-6-14/h2-10,15-17H,11H2,1H3. The van der Waals surface area contributed by atoms with Crippen LogP contribution in [0.1, 0.15) is 11.7 Å². The number of benzene rings is 2. The number of aliphatic hydroxyl groups is 1. The lowest BCUT2D eigenvalue weighted by atomic mass is 10.1. The molecule has 0 amide bonds. The quantitative estimate of drug-likeness (QED) is 0.801. The Morgan fingerprint density at radius 1 is 1.10 bits per heavy atom. The van der Waals surface area contributed by atoms with Gasteiger partial charge >= 0.3 is 0 Å². The van der Waals surface area contributed by atoms with Crippen molar-refractivity contribution in [1.29, 1.82) is 0 Å². The molecule has 0 heterocycles. The molecule has 0 fully saturated rings. The minimum atomic E-state index is -3.59. The molecule has 0 aromatic heterocycles. The lowest BCUT2D eigenvalue weighted by Crippen LogP contribution is -2.28. The van der Waals surface area contributed by atoms with Gasteiger partial charge in [0.1, 0.15) is 0 Å². The van der Waals surface area contributed by atoms with E-state index in [0.29, 0.717) is 5.56 Å². The minimum absolute atomic E-state index is 0.0597. The van der Waals surface area contributed by atoms with E-state index in [-0.39, 0.29) is 11.4 Å². The maximum atomic E-state index is 12.0. The third kappa shape index (κ3) is 4.31. The van der Waals surface area contributed by atoms with Crippen molar-refractivity contribution >= 4 is 21.8 Å². The van der Waals surface area contributed by atoms with Crippen molar-refractivity contribution in [2.45, 2.75) is 15.9 Å². The van der Waals surface area contributed by atoms with E-state index < -0.39 is 16.1 Å². The Hall–Kier alpha value is -1.34. The molecule has 4 nitrogen and oxygen atoms in total. The molecule has 0 aliphatic rings. The number of thioether (sulfide) groups is 1. The number of nitrogens with one attached hydrogen (secondary N) is 1. The van der Waals surface area contributed by atoms with Crippen molar-refractivity contribution in [3.05, 3.63) is 60.2 Å². The van der Waals surface area contributed by atoms with Gasteiger partial charge in [0.2, 0.25) is 10.0 Å². The molecule has 2 aromatic rings. The first-order chi connectivity index (χ1) is 10.0. The summed E-state index contributed by atoms with van der Waals surface area (Å²) >= 11 is 1.61. The van der Waals surface area contributed by atoms with Gasteiger partial charge in [-0.3, -0.25) is 0 Å². The van der Waals surface area contributed by atoms with Crippen molar-refractivity contribution < 1.29 is 13.5 Å². The molecule has 6 heteroatoms. The third-order valence-electron chi connectivity index (χ3n) is 3.02. The Morgan fingerprint density at radius 3 is 2.29 bits per heavy atom. The number of aliphatic hydroxyl groups excluding tert-OH is 1. The van der Waals surface area contributed by atoms with Gasteiger partial charge in [-0.05, 0) is 36.1 Å². The highest BCUT2D eigenvalue weighted by Crippen LogP contribution is 2.19. The molecular formula is C15H17NO3S2. The van der Waals surface area contributed by atoms with Crippen LogP contribution in [-0.2, 0) is 10.0 Å². The largest absolute Gasteiger partial charge is 0.387 e. The zero-order valence-corrected chi connectivity index (χ0v) is 13.2. The maximum absolute atomic E-state index is 12.0. The maximum Gasteiger partial charge on any atom is 0.240 e. The fourth-order valence-corrected chi connectivity index (χ4v) is 3.28. The number of hydrogen-bond acceptors (Lipinski definition) is 4. The summed E-state index contributed by atoms with van der Waals surface area (Å²) in [6.45, 7) is -0.0597. The van der Waals surface area contributed by atoms with Crippen LogP contribution in [0.3, 0.4) is 0 Å². The van der Waals surface area contributed by atoms with Gasteiger partial charge in [-0.25, -0.2) is 13.1 Å². The Labute approximate surface area is 129 Å². The van der Waals surface area contributed by atoms with Crippen LogP contribution in [0.4, 0.5) is 0 Å². The van der Waals surface area contributed by atoms with Gasteiger partial charge in [-0.1, -0.05) is 30.3 Å². The molecule has 2 aromatic carbocycles. The highest BCUT2D eigenvalue weighted by molar-refractivity contribution is 7.98. The van der Waals surface area contributed by atoms with Gasteiger partial charge in [-0.15, -0.1) is 11.8 Å². The van der Waals surface area contributed by atoms with Crippen LogP contribution >= 0.6 is 11.8 Å². The van der Waals surface area contributed by atoms with Crippen molar-refractivity contribution in [2.24, 2.45) is 0 Å². The molecule has 1 atom stereocenters. The Kier molecular flexibility index (Phi) is 5.41. The van der Waals surface area contributed by atoms with E-state index in [1.54, 1.807) is 42.1 Å². The van der Waals surface area contributed by atoms with Crippen molar-refractivity contribution in [2.75, 3.05) is 12.8 Å². The summed E-state index contributed by atoms with van der Waals surface area (Å²) < 4.78 is 26.5. The van der Waals surface area contributed by atoms with E-state index in [1.807, 2.05) is 18.4 Å². The van der Waals surface area contributed by atoms with Gasteiger partial charge in [-0.2, -0.15) is 0 Å². The van der Waals surface area contributed by atoms with Crippen LogP contribution in [0.25, 0.3) is 0 Å². The summed E-state index contributed by atoms with van der Waals surface area (Å²) in [4.78, 5) is 1.28. The summed E-state index contributed by atoms with van der Waals surface area (Å²) in [5.74, 6) is 0. The number of rotatable bonds is 6. The molecule has 0 saturated heterocycles. The predicted octanol–water partition coefficient (Wildman–Crippen LogP) is 2.42. The third-order valence-corrected chi connectivity index (χ3v) is 5.20. The first kappa shape index (κ1) is 16.0. The summed E-state index contributed by atoms with van der Waals surface area (Å²) in [5, 5.41) is 10.1. The van der Waals surface area contributed by atoms with E-state index >= 15 is 0 Å². The van der Waals surface area contributed by atoms with Gasteiger partial charge in [0.25, 0.3) is 0 Å². The molecule has 2 rings (SSSR count). The first-order valence-electron chi connectivity index (χ1n) is 6.39. The normalized spacial score (nSPS) is 13.0. The molecule has 0 aliphatic heterocycles. The second-order valence-electron chi connectivity index (χ2n) is 4.45. The summed E-state index contributed by atoms with van der Waals surface area (Å²) in [5.41, 5.74) is 0.684. The molecule has 0 spiro atoms. The molecule has 0 saturated carbocycles. The predicted molar refractivity (Wildman–Crippen MR) is 84.8 cm³/mol. The Morgan fingerprint density at radius 2 is 1.71 bits per heavy atom. The smallest absolute Gasteiger partial charge is 0.240 e. The lowest BCUT2D eigenvalue weighted by Gasteiger charge is -2.13. The van der Waals surface area contributed by atoms with Crippen LogP contribution < -0.4 is 4.72 Å². The summed E-state index contributed by atoms with van der Waals surface area (Å²) in [6.07, 6.45) is 1.10. The van der Waals surface area contributed by atoms with Gasteiger partial charge in [0.15, 0.2) is 0 Å². The summed E-state index contributed by atoms with van der Waals surface area (Å²) in [6, 6.07) is 15.5. The Balaban J connectivity index is 2.01. The minimum Gasteiger partial charge on any atom is -0.387 e. The van der Waals surface area contributed by atoms with Crippen LogP contribution in [0.5, 0.6) is 0 Å². The second kappa shape index (κ2) is 7.09. The van der Waals surface area contributed by atoms with Crippen molar-refractivity contribution in [3.8, 4) is 0 Å². The van der Waals surface area contributed by atoms with Gasteiger partial charge in [0, 0.05) is 11.4 Å². The highest BCUT2D eigenvalue weighted by atomic mass is 32.2. The van der Waals surface area contributed by atoms with Crippen molar-refractivity contribution in [3.63, 3.8) is 0 Å². The summed E-state index contributed by atoms with van der Waals surface area (Å²) in [7, 11) is -3.59. The fourth-order valence-electron chi connectivity index (χ4n) is 1.82. The number of hydrogen-bond donors (Lipinski definition) is 2. The average molecular weight is 323 g/mol. The molecule has 0 radical (unpaired) electrons. The average Bonchev–Trinajstić information content (AvgIpc) is 2.53. The molecule has 0 aliphatic carbocycles. The molecule has 1 unspecified atom stereocenters. The van der Waals surface area contributed by atoms with E-state index in [0.717, 1.165) is 4.90 Å². The highest BCUT2D eigenvalue weighted by Gasteiger charge is 2.16. The molecule has 112 valence electrons. The zero-order valence-electron chi connectivity index (χ0n) is 11.6. The van der Waals surface area contributed by atoms with Gasteiger partial charge < -0.3 is 5.11 Å². The fraction of sp³-hybridized carbons (Fsp3) is 0.200. The first-order valence-corrected chi connectivity index (χ1v) is 9.10. The Bertz CT molecular complexity index is 670. The SMILES string of the molecule is CSc1ccc(C(O)CNS(=O)(=O)c2ccccc2)cc1. The van der Waals surface area contributed by atoms with E-state index in [1.165, 1.54) is 12.1 Å². The van der Waals surface area contributed by atoms with Crippen LogP contribution in [0, 0.1) is 0 Å². The molecule has 21 heavy (non-hydrogen) atoms. The van der Waals surface area contributed by atoms with Crippen LogP contribution in [-0.4, -0.2) is 26.3 Å². The van der Waals surface area contributed by atoms with Crippen LogP contribution in [0.15, 0.2) is 64.4 Å². The van der Waals surface area contributed by atoms with Crippen LogP contribution in [0.2, 0.25) is 0 Å². The molecular weight excluding hydrogens is 306 g/mol. The molecule has 2 N–H and O–H groups in total. The lowest BCUT2D eigenvalue weighted by molar-refractivity contribution is 0.182. The zero-order chi connectivity index (χ0) is 15.3. The monoisotopic (exact) mass is 323 g/mol. The molecule has 0 bridgehead atoms. The second-order valence-corrected chi connectivity index (χ2v) is 7.10. The van der Waals surface area contributed by atoms with E-state index in [9.17, 15) is 13.5 Å². The van der Waals surface area contributed by atoms with Crippen molar-refractivity contribution in [1.82, 2.24) is 4.72 Å². The topological polar surface area (TPSA) is 66.4 Å².